The van der Waals surface area contributed by atoms with Crippen LogP contribution in [0.15, 0.2) is 34.7 Å². The standard InChI is InChI=1S/C18H22N4O4/c1-2-15(23)17-20-19-16(26-17)14-9-8-13-10-21(14)18(24)22(13)25-11-12-6-4-3-5-7-12/h3-7,13-15,23H,2,8-11H2,1H3/t13-,14+,15+/m1/s1. The molecule has 0 saturated carbocycles. The third-order valence-electron chi connectivity index (χ3n) is 4.95. The molecule has 0 spiro atoms. The summed E-state index contributed by atoms with van der Waals surface area (Å²) in [5.41, 5.74) is 1.02. The first-order chi connectivity index (χ1) is 12.7. The zero-order valence-electron chi connectivity index (χ0n) is 14.6. The summed E-state index contributed by atoms with van der Waals surface area (Å²) in [6.07, 6.45) is 1.26. The van der Waals surface area contributed by atoms with Crippen LogP contribution in [0.3, 0.4) is 0 Å². The molecule has 2 aliphatic rings. The summed E-state index contributed by atoms with van der Waals surface area (Å²) in [6, 6.07) is 9.36. The van der Waals surface area contributed by atoms with Crippen molar-refractivity contribution in [3.8, 4) is 0 Å². The van der Waals surface area contributed by atoms with E-state index in [1.807, 2.05) is 37.3 Å². The number of fused-ring (bicyclic) bond motifs is 2. The lowest BCUT2D eigenvalue weighted by molar-refractivity contribution is -0.140. The van der Waals surface area contributed by atoms with Gasteiger partial charge in [0.1, 0.15) is 18.8 Å². The molecule has 8 nitrogen and oxygen atoms in total. The second-order valence-electron chi connectivity index (χ2n) is 6.67. The molecule has 4 rings (SSSR count). The second-order valence-corrected chi connectivity index (χ2v) is 6.67. The highest BCUT2D eigenvalue weighted by Crippen LogP contribution is 2.38. The van der Waals surface area contributed by atoms with Crippen molar-refractivity contribution in [3.63, 3.8) is 0 Å². The number of benzene rings is 1. The van der Waals surface area contributed by atoms with Gasteiger partial charge >= 0.3 is 6.03 Å². The Labute approximate surface area is 151 Å². The molecule has 2 bridgehead atoms. The van der Waals surface area contributed by atoms with E-state index < -0.39 is 6.10 Å². The van der Waals surface area contributed by atoms with Crippen molar-refractivity contribution in [2.75, 3.05) is 6.54 Å². The van der Waals surface area contributed by atoms with Crippen molar-refractivity contribution < 1.29 is 19.2 Å². The van der Waals surface area contributed by atoms with E-state index in [0.29, 0.717) is 25.5 Å². The first-order valence-electron chi connectivity index (χ1n) is 8.95. The number of aromatic nitrogens is 2. The van der Waals surface area contributed by atoms with Crippen molar-refractivity contribution in [2.24, 2.45) is 0 Å². The molecule has 1 N–H and O–H groups in total. The zero-order valence-corrected chi connectivity index (χ0v) is 14.6. The highest BCUT2D eigenvalue weighted by atomic mass is 16.7. The summed E-state index contributed by atoms with van der Waals surface area (Å²) >= 11 is 0. The summed E-state index contributed by atoms with van der Waals surface area (Å²) in [7, 11) is 0. The topological polar surface area (TPSA) is 91.9 Å². The first kappa shape index (κ1) is 17.0. The second kappa shape index (κ2) is 7.05. The molecular formula is C18H22N4O4. The number of carbonyl (C=O) groups is 1. The Morgan fingerprint density at radius 2 is 2.12 bits per heavy atom. The van der Waals surface area contributed by atoms with Crippen LogP contribution in [0.1, 0.15) is 55.7 Å². The molecule has 26 heavy (non-hydrogen) atoms. The molecule has 1 aromatic heterocycles. The van der Waals surface area contributed by atoms with Crippen LogP contribution in [0, 0.1) is 0 Å². The molecule has 2 amide bonds. The monoisotopic (exact) mass is 358 g/mol. The summed E-state index contributed by atoms with van der Waals surface area (Å²) in [5.74, 6) is 0.581. The van der Waals surface area contributed by atoms with Crippen LogP contribution >= 0.6 is 0 Å². The van der Waals surface area contributed by atoms with Gasteiger partial charge in [0, 0.05) is 6.54 Å². The third kappa shape index (κ3) is 3.06. The number of hydroxylamine groups is 2. The van der Waals surface area contributed by atoms with Gasteiger partial charge in [-0.15, -0.1) is 10.2 Å². The molecule has 1 aromatic carbocycles. The van der Waals surface area contributed by atoms with Gasteiger partial charge in [0.2, 0.25) is 11.8 Å². The number of aliphatic hydroxyl groups excluding tert-OH is 1. The van der Waals surface area contributed by atoms with Gasteiger partial charge < -0.3 is 14.4 Å². The highest BCUT2D eigenvalue weighted by molar-refractivity contribution is 5.77. The molecule has 3 heterocycles. The van der Waals surface area contributed by atoms with Gasteiger partial charge in [-0.1, -0.05) is 37.3 Å². The average molecular weight is 358 g/mol. The Morgan fingerprint density at radius 1 is 1.31 bits per heavy atom. The normalized spacial score (nSPS) is 23.5. The maximum atomic E-state index is 12.8. The number of carbonyl (C=O) groups excluding carboxylic acids is 1. The van der Waals surface area contributed by atoms with Gasteiger partial charge in [-0.05, 0) is 24.8 Å². The summed E-state index contributed by atoms with van der Waals surface area (Å²) in [6.45, 7) is 2.77. The molecule has 8 heteroatoms. The Kier molecular flexibility index (Phi) is 4.60. The fourth-order valence-corrected chi connectivity index (χ4v) is 3.46. The van der Waals surface area contributed by atoms with Gasteiger partial charge in [-0.3, -0.25) is 4.84 Å². The van der Waals surface area contributed by atoms with Gasteiger partial charge in [0.25, 0.3) is 0 Å². The number of urea groups is 1. The minimum absolute atomic E-state index is 0.0334. The molecule has 2 fully saturated rings. The summed E-state index contributed by atoms with van der Waals surface area (Å²) < 4.78 is 5.61. The molecule has 3 atom stereocenters. The number of hydrogen-bond donors (Lipinski definition) is 1. The van der Waals surface area contributed by atoms with E-state index in [1.54, 1.807) is 4.90 Å². The Bertz CT molecular complexity index is 766. The fraction of sp³-hybridized carbons (Fsp3) is 0.500. The van der Waals surface area contributed by atoms with Crippen molar-refractivity contribution in [1.29, 1.82) is 0 Å². The first-order valence-corrected chi connectivity index (χ1v) is 8.95. The number of nitrogens with zero attached hydrogens (tertiary/aromatic N) is 4. The lowest BCUT2D eigenvalue weighted by Gasteiger charge is -2.27. The minimum atomic E-state index is -0.771. The van der Waals surface area contributed by atoms with Crippen LogP contribution < -0.4 is 0 Å². The number of rotatable bonds is 6. The van der Waals surface area contributed by atoms with Crippen LogP contribution in [0.2, 0.25) is 0 Å². The van der Waals surface area contributed by atoms with Gasteiger partial charge in [-0.2, -0.15) is 5.06 Å². The van der Waals surface area contributed by atoms with Gasteiger partial charge in [0.05, 0.1) is 6.04 Å². The van der Waals surface area contributed by atoms with E-state index in [2.05, 4.69) is 10.2 Å². The number of piperidine rings is 1. The quantitative estimate of drug-likeness (QED) is 0.853. The maximum absolute atomic E-state index is 12.8. The molecule has 0 unspecified atom stereocenters. The molecule has 2 saturated heterocycles. The van der Waals surface area contributed by atoms with Gasteiger partial charge in [0.15, 0.2) is 0 Å². The van der Waals surface area contributed by atoms with Crippen molar-refractivity contribution >= 4 is 6.03 Å². The van der Waals surface area contributed by atoms with E-state index in [0.717, 1.165) is 18.4 Å². The largest absolute Gasteiger partial charge is 0.420 e. The predicted octanol–water partition coefficient (Wildman–Crippen LogP) is 2.59. The fourth-order valence-electron chi connectivity index (χ4n) is 3.46. The van der Waals surface area contributed by atoms with Crippen LogP contribution in [0.25, 0.3) is 0 Å². The van der Waals surface area contributed by atoms with E-state index in [-0.39, 0.29) is 24.0 Å². The van der Waals surface area contributed by atoms with Crippen molar-refractivity contribution in [1.82, 2.24) is 20.2 Å². The van der Waals surface area contributed by atoms with E-state index >= 15 is 0 Å². The van der Waals surface area contributed by atoms with Crippen LogP contribution in [0.5, 0.6) is 0 Å². The predicted molar refractivity (Wildman–Crippen MR) is 90.5 cm³/mol. The van der Waals surface area contributed by atoms with Gasteiger partial charge in [-0.25, -0.2) is 4.79 Å². The minimum Gasteiger partial charge on any atom is -0.420 e. The molecular weight excluding hydrogens is 336 g/mol. The average Bonchev–Trinajstić information content (AvgIpc) is 3.26. The van der Waals surface area contributed by atoms with Crippen LogP contribution in [-0.2, 0) is 11.4 Å². The number of hydrogen-bond acceptors (Lipinski definition) is 6. The van der Waals surface area contributed by atoms with Crippen LogP contribution in [0.4, 0.5) is 4.79 Å². The van der Waals surface area contributed by atoms with Crippen molar-refractivity contribution in [2.45, 2.75) is 51.0 Å². The molecule has 138 valence electrons. The smallest absolute Gasteiger partial charge is 0.345 e. The molecule has 2 aromatic rings. The van der Waals surface area contributed by atoms with Crippen molar-refractivity contribution in [3.05, 3.63) is 47.7 Å². The number of amides is 2. The van der Waals surface area contributed by atoms with Crippen LogP contribution in [-0.4, -0.2) is 43.9 Å². The lowest BCUT2D eigenvalue weighted by Crippen LogP contribution is -2.34. The molecule has 0 aliphatic carbocycles. The lowest BCUT2D eigenvalue weighted by atomic mass is 10.0. The number of aliphatic hydroxyl groups is 1. The Morgan fingerprint density at radius 3 is 2.88 bits per heavy atom. The van der Waals surface area contributed by atoms with E-state index in [1.165, 1.54) is 5.06 Å². The highest BCUT2D eigenvalue weighted by Gasteiger charge is 2.47. The Balaban J connectivity index is 1.45. The van der Waals surface area contributed by atoms with E-state index in [9.17, 15) is 9.90 Å². The SMILES string of the molecule is CC[C@H](O)c1nnc([C@@H]2CC[C@@H]3CN2C(=O)N3OCc2ccccc2)o1. The third-order valence-corrected chi connectivity index (χ3v) is 4.95. The summed E-state index contributed by atoms with van der Waals surface area (Å²) in [5, 5.41) is 19.3. The summed E-state index contributed by atoms with van der Waals surface area (Å²) in [4.78, 5) is 20.3. The zero-order chi connectivity index (χ0) is 18.1. The molecule has 2 aliphatic heterocycles. The maximum Gasteiger partial charge on any atom is 0.345 e. The van der Waals surface area contributed by atoms with E-state index in [4.69, 9.17) is 9.25 Å². The Hall–Kier alpha value is -2.45. The molecule has 0 radical (unpaired) electrons.